The van der Waals surface area contributed by atoms with Crippen LogP contribution in [0.4, 0.5) is 0 Å². The lowest BCUT2D eigenvalue weighted by atomic mass is 10.0. The number of carbonyl (C=O) groups is 5. The number of nitrogens with one attached hydrogen (secondary N) is 4. The minimum Gasteiger partial charge on any atom is -0.345 e. The van der Waals surface area contributed by atoms with E-state index in [0.717, 1.165) is 28.2 Å². The number of para-hydroxylation sites is 1. The second-order valence-corrected chi connectivity index (χ2v) is 15.3. The summed E-state index contributed by atoms with van der Waals surface area (Å²) in [5.41, 5.74) is 4.71. The van der Waals surface area contributed by atoms with E-state index >= 15 is 0 Å². The first-order chi connectivity index (χ1) is 26.2. The fourth-order valence-corrected chi connectivity index (χ4v) is 7.30. The van der Waals surface area contributed by atoms with Crippen LogP contribution in [0.3, 0.4) is 0 Å². The van der Waals surface area contributed by atoms with Gasteiger partial charge < -0.3 is 26.2 Å². The SMILES string of the molecule is Cc1nn(-c2ccccc2)c(C)c1CN1CCN(C)C(=O)[C@@H](C)NC(=O)[C@H](C(C)C)NC(=O)[C@H](C)NC(=O)c2csc(n2)[C@H](Cc2ccccc2)NC(=O)C1. The highest BCUT2D eigenvalue weighted by atomic mass is 32.1. The van der Waals surface area contributed by atoms with Crippen molar-refractivity contribution in [1.29, 1.82) is 0 Å². The third-order valence-corrected chi connectivity index (χ3v) is 10.7. The Morgan fingerprint density at radius 3 is 2.18 bits per heavy atom. The number of benzene rings is 2. The predicted molar refractivity (Wildman–Crippen MR) is 210 cm³/mol. The molecule has 14 nitrogen and oxygen atoms in total. The van der Waals surface area contributed by atoms with E-state index in [1.54, 1.807) is 33.2 Å². The number of hydrogen-bond donors (Lipinski definition) is 4. The van der Waals surface area contributed by atoms with Crippen molar-refractivity contribution in [3.8, 4) is 5.69 Å². The molecule has 0 saturated carbocycles. The van der Waals surface area contributed by atoms with E-state index in [1.165, 1.54) is 23.2 Å². The normalized spacial score (nSPS) is 21.4. The van der Waals surface area contributed by atoms with E-state index in [0.29, 0.717) is 24.5 Å². The van der Waals surface area contributed by atoms with Crippen LogP contribution in [0.25, 0.3) is 5.69 Å². The second-order valence-electron chi connectivity index (χ2n) is 14.4. The van der Waals surface area contributed by atoms with Gasteiger partial charge in [-0.2, -0.15) is 5.10 Å². The van der Waals surface area contributed by atoms with Gasteiger partial charge in [0.05, 0.1) is 24.0 Å². The van der Waals surface area contributed by atoms with Gasteiger partial charge in [0.1, 0.15) is 28.8 Å². The van der Waals surface area contributed by atoms with Crippen molar-refractivity contribution in [3.05, 3.63) is 99.3 Å². The van der Waals surface area contributed by atoms with Crippen LogP contribution in [-0.2, 0) is 32.1 Å². The molecule has 0 unspecified atom stereocenters. The maximum absolute atomic E-state index is 14.0. The zero-order chi connectivity index (χ0) is 39.8. The highest BCUT2D eigenvalue weighted by Gasteiger charge is 2.31. The molecule has 0 radical (unpaired) electrons. The number of rotatable bonds is 6. The van der Waals surface area contributed by atoms with Crippen molar-refractivity contribution in [2.45, 2.75) is 78.7 Å². The number of aryl methyl sites for hydroxylation is 1. The van der Waals surface area contributed by atoms with Gasteiger partial charge in [-0.3, -0.25) is 28.9 Å². The van der Waals surface area contributed by atoms with Crippen LogP contribution in [0, 0.1) is 19.8 Å². The molecule has 292 valence electrons. The summed E-state index contributed by atoms with van der Waals surface area (Å²) in [6.45, 7) is 11.6. The molecule has 0 spiro atoms. The summed E-state index contributed by atoms with van der Waals surface area (Å²) in [6.07, 6.45) is 0.425. The molecule has 55 heavy (non-hydrogen) atoms. The Hall–Kier alpha value is -5.41. The van der Waals surface area contributed by atoms with E-state index < -0.39 is 41.9 Å². The quantitative estimate of drug-likeness (QED) is 0.232. The van der Waals surface area contributed by atoms with Gasteiger partial charge in [-0.05, 0) is 57.7 Å². The van der Waals surface area contributed by atoms with Gasteiger partial charge in [0.2, 0.25) is 23.6 Å². The van der Waals surface area contributed by atoms with Gasteiger partial charge in [-0.1, -0.05) is 62.4 Å². The predicted octanol–water partition coefficient (Wildman–Crippen LogP) is 3.08. The first-order valence-electron chi connectivity index (χ1n) is 18.5. The van der Waals surface area contributed by atoms with Gasteiger partial charge in [-0.15, -0.1) is 11.3 Å². The van der Waals surface area contributed by atoms with Gasteiger partial charge in [-0.25, -0.2) is 9.67 Å². The van der Waals surface area contributed by atoms with Gasteiger partial charge in [0, 0.05) is 43.3 Å². The number of aromatic nitrogens is 3. The molecular formula is C40H51N9O5S. The topological polar surface area (TPSA) is 171 Å². The molecule has 5 amide bonds. The van der Waals surface area contributed by atoms with Gasteiger partial charge in [0.15, 0.2) is 0 Å². The third kappa shape index (κ3) is 10.4. The van der Waals surface area contributed by atoms with E-state index in [9.17, 15) is 24.0 Å². The van der Waals surface area contributed by atoms with Crippen molar-refractivity contribution in [2.75, 3.05) is 26.7 Å². The highest BCUT2D eigenvalue weighted by molar-refractivity contribution is 7.09. The number of nitrogens with zero attached hydrogens (tertiary/aromatic N) is 5. The first-order valence-corrected chi connectivity index (χ1v) is 19.4. The van der Waals surface area contributed by atoms with Gasteiger partial charge >= 0.3 is 0 Å². The molecule has 15 heteroatoms. The monoisotopic (exact) mass is 769 g/mol. The molecule has 2 bridgehead atoms. The standard InChI is InChI=1S/C40H51N9O5S/c1-24(2)35-38(53)42-27(5)40(54)47(7)18-19-48(21-31-25(3)46-49(28(31)6)30-16-12-9-13-17-30)22-34(50)43-32(20-29-14-10-8-11-15-29)39-44-33(23-55-39)37(52)41-26(4)36(51)45-35/h8-17,23-24,26-27,32,35H,18-22H2,1-7H3,(H,41,52)(H,42,53)(H,43,50)(H,45,51)/t26-,27+,32-,35-/m0/s1. The molecule has 4 N–H and O–H groups in total. The molecule has 1 aliphatic rings. The fourth-order valence-electron chi connectivity index (χ4n) is 6.45. The van der Waals surface area contributed by atoms with Crippen LogP contribution in [-0.4, -0.2) is 98.9 Å². The average Bonchev–Trinajstić information content (AvgIpc) is 3.77. The Kier molecular flexibility index (Phi) is 13.5. The Balaban J connectivity index is 1.48. The van der Waals surface area contributed by atoms with E-state index in [2.05, 4.69) is 26.3 Å². The van der Waals surface area contributed by atoms with Crippen LogP contribution >= 0.6 is 11.3 Å². The highest BCUT2D eigenvalue weighted by Crippen LogP contribution is 2.24. The summed E-state index contributed by atoms with van der Waals surface area (Å²) in [5, 5.41) is 18.3. The van der Waals surface area contributed by atoms with Crippen molar-refractivity contribution in [1.82, 2.24) is 45.8 Å². The molecule has 0 fully saturated rings. The van der Waals surface area contributed by atoms with E-state index in [1.807, 2.05) is 84.1 Å². The summed E-state index contributed by atoms with van der Waals surface area (Å²) in [5.74, 6) is -2.55. The molecule has 2 aromatic carbocycles. The summed E-state index contributed by atoms with van der Waals surface area (Å²) < 4.78 is 1.89. The van der Waals surface area contributed by atoms with Gasteiger partial charge in [0.25, 0.3) is 5.91 Å². The molecule has 4 aromatic rings. The average molecular weight is 770 g/mol. The number of fused-ring (bicyclic) bond motifs is 2. The minimum absolute atomic E-state index is 0.00487. The lowest BCUT2D eigenvalue weighted by molar-refractivity contribution is -0.136. The maximum atomic E-state index is 14.0. The molecular weight excluding hydrogens is 719 g/mol. The number of likely N-dealkylation sites (N-methyl/N-ethyl adjacent to an activating group) is 1. The number of hydrogen-bond acceptors (Lipinski definition) is 9. The molecule has 0 aliphatic carbocycles. The smallest absolute Gasteiger partial charge is 0.271 e. The number of amides is 5. The third-order valence-electron chi connectivity index (χ3n) is 9.71. The summed E-state index contributed by atoms with van der Waals surface area (Å²) >= 11 is 1.24. The largest absolute Gasteiger partial charge is 0.345 e. The summed E-state index contributed by atoms with van der Waals surface area (Å²) in [6, 6.07) is 16.1. The lowest BCUT2D eigenvalue weighted by Gasteiger charge is -2.29. The summed E-state index contributed by atoms with van der Waals surface area (Å²) in [4.78, 5) is 75.6. The zero-order valence-corrected chi connectivity index (χ0v) is 33.3. The Bertz CT molecular complexity index is 1980. The van der Waals surface area contributed by atoms with E-state index in [4.69, 9.17) is 5.10 Å². The Morgan fingerprint density at radius 2 is 1.51 bits per heavy atom. The number of carbonyl (C=O) groups excluding carboxylic acids is 5. The maximum Gasteiger partial charge on any atom is 0.271 e. The number of thiazole rings is 1. The van der Waals surface area contributed by atoms with Crippen molar-refractivity contribution in [3.63, 3.8) is 0 Å². The Labute approximate surface area is 326 Å². The first kappa shape index (κ1) is 40.8. The van der Waals surface area contributed by atoms with Crippen LogP contribution in [0.2, 0.25) is 0 Å². The zero-order valence-electron chi connectivity index (χ0n) is 32.5. The van der Waals surface area contributed by atoms with Crippen LogP contribution in [0.15, 0.2) is 66.0 Å². The molecule has 0 saturated heterocycles. The summed E-state index contributed by atoms with van der Waals surface area (Å²) in [7, 11) is 1.66. The lowest BCUT2D eigenvalue weighted by Crippen LogP contribution is -2.57. The molecule has 4 atom stereocenters. The van der Waals surface area contributed by atoms with Crippen LogP contribution in [0.1, 0.15) is 71.7 Å². The van der Waals surface area contributed by atoms with Crippen LogP contribution < -0.4 is 21.3 Å². The van der Waals surface area contributed by atoms with Crippen molar-refractivity contribution < 1.29 is 24.0 Å². The van der Waals surface area contributed by atoms with Crippen molar-refractivity contribution >= 4 is 40.9 Å². The molecule has 2 aromatic heterocycles. The Morgan fingerprint density at radius 1 is 0.836 bits per heavy atom. The fraction of sp³-hybridized carbons (Fsp3) is 0.425. The molecule has 1 aliphatic heterocycles. The second kappa shape index (κ2) is 18.3. The van der Waals surface area contributed by atoms with Crippen LogP contribution in [0.5, 0.6) is 0 Å². The van der Waals surface area contributed by atoms with Crippen molar-refractivity contribution in [2.24, 2.45) is 5.92 Å². The minimum atomic E-state index is -0.996. The molecule has 5 rings (SSSR count). The van der Waals surface area contributed by atoms with E-state index in [-0.39, 0.29) is 36.5 Å². The molecule has 3 heterocycles.